The van der Waals surface area contributed by atoms with E-state index in [0.717, 1.165) is 49.8 Å². The summed E-state index contributed by atoms with van der Waals surface area (Å²) in [5, 5.41) is 7.86. The van der Waals surface area contributed by atoms with Crippen LogP contribution in [0, 0.1) is 5.92 Å². The molecule has 1 atom stereocenters. The van der Waals surface area contributed by atoms with Crippen LogP contribution in [-0.2, 0) is 13.0 Å². The molecule has 0 spiro atoms. The van der Waals surface area contributed by atoms with Crippen molar-refractivity contribution in [2.75, 3.05) is 13.1 Å². The summed E-state index contributed by atoms with van der Waals surface area (Å²) in [5.41, 5.74) is 3.60. The van der Waals surface area contributed by atoms with E-state index in [0.29, 0.717) is 0 Å². The zero-order valence-corrected chi connectivity index (χ0v) is 12.0. The molecular weight excluding hydrogens is 248 g/mol. The summed E-state index contributed by atoms with van der Waals surface area (Å²) >= 11 is 0. The molecule has 0 saturated carbocycles. The summed E-state index contributed by atoms with van der Waals surface area (Å²) in [5.74, 6) is 0.737. The molecule has 1 fully saturated rings. The number of pyridine rings is 1. The van der Waals surface area contributed by atoms with E-state index >= 15 is 0 Å². The SMILES string of the molecule is CCCn1nccc1-c1ncccc1C[C@@H]1CCNC1. The first-order valence-corrected chi connectivity index (χ1v) is 7.55. The van der Waals surface area contributed by atoms with E-state index in [-0.39, 0.29) is 0 Å². The van der Waals surface area contributed by atoms with Crippen molar-refractivity contribution < 1.29 is 0 Å². The quantitative estimate of drug-likeness (QED) is 0.907. The Balaban J connectivity index is 1.90. The predicted octanol–water partition coefficient (Wildman–Crippen LogP) is 2.51. The van der Waals surface area contributed by atoms with Crippen molar-refractivity contribution in [3.05, 3.63) is 36.2 Å². The minimum Gasteiger partial charge on any atom is -0.316 e. The molecule has 0 amide bonds. The van der Waals surface area contributed by atoms with E-state index in [2.05, 4.69) is 39.1 Å². The van der Waals surface area contributed by atoms with Gasteiger partial charge >= 0.3 is 0 Å². The normalized spacial score (nSPS) is 18.6. The topological polar surface area (TPSA) is 42.7 Å². The molecule has 1 saturated heterocycles. The summed E-state index contributed by atoms with van der Waals surface area (Å²) in [7, 11) is 0. The molecule has 1 aliphatic heterocycles. The molecule has 0 aliphatic carbocycles. The fourth-order valence-electron chi connectivity index (χ4n) is 2.96. The molecule has 4 heteroatoms. The van der Waals surface area contributed by atoms with E-state index in [1.54, 1.807) is 0 Å². The second-order valence-electron chi connectivity index (χ2n) is 5.51. The monoisotopic (exact) mass is 270 g/mol. The highest BCUT2D eigenvalue weighted by molar-refractivity contribution is 5.59. The number of nitrogens with one attached hydrogen (secondary N) is 1. The minimum atomic E-state index is 0.737. The average molecular weight is 270 g/mol. The summed E-state index contributed by atoms with van der Waals surface area (Å²) < 4.78 is 2.07. The van der Waals surface area contributed by atoms with Crippen LogP contribution in [0.3, 0.4) is 0 Å². The standard InChI is InChI=1S/C16H22N4/c1-2-10-20-15(6-9-19-20)16-14(4-3-7-18-16)11-13-5-8-17-12-13/h3-4,6-7,9,13,17H,2,5,8,10-12H2,1H3/t13-/m0/s1. The molecule has 2 aromatic heterocycles. The van der Waals surface area contributed by atoms with Crippen LogP contribution >= 0.6 is 0 Å². The Bertz CT molecular complexity index is 555. The van der Waals surface area contributed by atoms with Gasteiger partial charge in [0, 0.05) is 18.9 Å². The zero-order chi connectivity index (χ0) is 13.8. The van der Waals surface area contributed by atoms with Gasteiger partial charge in [-0.2, -0.15) is 5.10 Å². The van der Waals surface area contributed by atoms with Gasteiger partial charge in [-0.3, -0.25) is 9.67 Å². The summed E-state index contributed by atoms with van der Waals surface area (Å²) in [6.45, 7) is 5.40. The van der Waals surface area contributed by atoms with Gasteiger partial charge in [0.05, 0.1) is 11.4 Å². The van der Waals surface area contributed by atoms with E-state index in [4.69, 9.17) is 0 Å². The summed E-state index contributed by atoms with van der Waals surface area (Å²) in [6.07, 6.45) is 7.22. The second kappa shape index (κ2) is 6.18. The van der Waals surface area contributed by atoms with Crippen molar-refractivity contribution in [2.45, 2.75) is 32.7 Å². The molecule has 3 rings (SSSR count). The smallest absolute Gasteiger partial charge is 0.0914 e. The van der Waals surface area contributed by atoms with E-state index in [1.165, 1.54) is 12.0 Å². The lowest BCUT2D eigenvalue weighted by Gasteiger charge is -2.13. The first-order chi connectivity index (χ1) is 9.88. The van der Waals surface area contributed by atoms with E-state index in [9.17, 15) is 0 Å². The van der Waals surface area contributed by atoms with Crippen LogP contribution in [0.15, 0.2) is 30.6 Å². The highest BCUT2D eigenvalue weighted by Gasteiger charge is 2.18. The van der Waals surface area contributed by atoms with Gasteiger partial charge in [0.15, 0.2) is 0 Å². The summed E-state index contributed by atoms with van der Waals surface area (Å²) in [6, 6.07) is 6.33. The Labute approximate surface area is 120 Å². The molecule has 0 bridgehead atoms. The molecule has 1 N–H and O–H groups in total. The van der Waals surface area contributed by atoms with Gasteiger partial charge < -0.3 is 5.32 Å². The maximum atomic E-state index is 4.62. The highest BCUT2D eigenvalue weighted by Crippen LogP contribution is 2.25. The molecule has 106 valence electrons. The van der Waals surface area contributed by atoms with Crippen LogP contribution in [0.2, 0.25) is 0 Å². The van der Waals surface area contributed by atoms with Crippen LogP contribution in [0.25, 0.3) is 11.4 Å². The number of hydrogen-bond donors (Lipinski definition) is 1. The molecule has 3 heterocycles. The molecular formula is C16H22N4. The second-order valence-corrected chi connectivity index (χ2v) is 5.51. The fourth-order valence-corrected chi connectivity index (χ4v) is 2.96. The Morgan fingerprint density at radius 1 is 1.35 bits per heavy atom. The van der Waals surface area contributed by atoms with Crippen molar-refractivity contribution in [3.63, 3.8) is 0 Å². The first-order valence-electron chi connectivity index (χ1n) is 7.55. The average Bonchev–Trinajstić information content (AvgIpc) is 3.12. The molecule has 0 radical (unpaired) electrons. The number of aryl methyl sites for hydroxylation is 1. The van der Waals surface area contributed by atoms with Crippen molar-refractivity contribution in [3.8, 4) is 11.4 Å². The molecule has 4 nitrogen and oxygen atoms in total. The van der Waals surface area contributed by atoms with Gasteiger partial charge in [-0.05, 0) is 56.0 Å². The van der Waals surface area contributed by atoms with Gasteiger partial charge in [0.2, 0.25) is 0 Å². The van der Waals surface area contributed by atoms with Crippen LogP contribution in [-0.4, -0.2) is 27.9 Å². The molecule has 2 aromatic rings. The van der Waals surface area contributed by atoms with Crippen molar-refractivity contribution in [1.82, 2.24) is 20.1 Å². The van der Waals surface area contributed by atoms with Crippen LogP contribution < -0.4 is 5.32 Å². The predicted molar refractivity (Wildman–Crippen MR) is 80.4 cm³/mol. The molecule has 20 heavy (non-hydrogen) atoms. The van der Waals surface area contributed by atoms with E-state index in [1.807, 2.05) is 18.5 Å². The lowest BCUT2D eigenvalue weighted by atomic mass is 9.96. The number of nitrogens with zero attached hydrogens (tertiary/aromatic N) is 3. The lowest BCUT2D eigenvalue weighted by Crippen LogP contribution is -2.12. The minimum absolute atomic E-state index is 0.737. The van der Waals surface area contributed by atoms with Crippen LogP contribution in [0.4, 0.5) is 0 Å². The largest absolute Gasteiger partial charge is 0.316 e. The lowest BCUT2D eigenvalue weighted by molar-refractivity contribution is 0.577. The highest BCUT2D eigenvalue weighted by atomic mass is 15.3. The van der Waals surface area contributed by atoms with Gasteiger partial charge in [0.25, 0.3) is 0 Å². The Morgan fingerprint density at radius 3 is 3.10 bits per heavy atom. The fraction of sp³-hybridized carbons (Fsp3) is 0.500. The Hall–Kier alpha value is -1.68. The molecule has 1 aliphatic rings. The van der Waals surface area contributed by atoms with Crippen molar-refractivity contribution in [1.29, 1.82) is 0 Å². The third-order valence-electron chi connectivity index (χ3n) is 3.96. The van der Waals surface area contributed by atoms with E-state index < -0.39 is 0 Å². The third-order valence-corrected chi connectivity index (χ3v) is 3.96. The Kier molecular flexibility index (Phi) is 4.11. The number of rotatable bonds is 5. The molecule has 0 unspecified atom stereocenters. The van der Waals surface area contributed by atoms with Gasteiger partial charge in [-0.25, -0.2) is 0 Å². The van der Waals surface area contributed by atoms with Crippen molar-refractivity contribution in [2.24, 2.45) is 5.92 Å². The number of aromatic nitrogens is 3. The summed E-state index contributed by atoms with van der Waals surface area (Å²) in [4.78, 5) is 4.62. The maximum absolute atomic E-state index is 4.62. The first kappa shape index (κ1) is 13.3. The third kappa shape index (κ3) is 2.75. The van der Waals surface area contributed by atoms with Crippen LogP contribution in [0.1, 0.15) is 25.3 Å². The van der Waals surface area contributed by atoms with Crippen LogP contribution in [0.5, 0.6) is 0 Å². The Morgan fingerprint density at radius 2 is 2.30 bits per heavy atom. The van der Waals surface area contributed by atoms with Gasteiger partial charge in [-0.15, -0.1) is 0 Å². The molecule has 0 aromatic carbocycles. The maximum Gasteiger partial charge on any atom is 0.0914 e. The number of hydrogen-bond acceptors (Lipinski definition) is 3. The zero-order valence-electron chi connectivity index (χ0n) is 12.0. The van der Waals surface area contributed by atoms with Crippen molar-refractivity contribution >= 4 is 0 Å². The van der Waals surface area contributed by atoms with Gasteiger partial charge in [-0.1, -0.05) is 13.0 Å². The van der Waals surface area contributed by atoms with Gasteiger partial charge in [0.1, 0.15) is 0 Å².